The Balaban J connectivity index is 2.26. The molecule has 20 heavy (non-hydrogen) atoms. The summed E-state index contributed by atoms with van der Waals surface area (Å²) in [5.74, 6) is -0.399. The molecule has 0 saturated heterocycles. The highest BCUT2D eigenvalue weighted by Crippen LogP contribution is 2.28. The molecule has 0 radical (unpaired) electrons. The largest absolute Gasteiger partial charge is 0.377 e. The van der Waals surface area contributed by atoms with Crippen LogP contribution in [0, 0.1) is 5.82 Å². The van der Waals surface area contributed by atoms with E-state index in [-0.39, 0.29) is 6.04 Å². The van der Waals surface area contributed by atoms with Crippen molar-refractivity contribution < 1.29 is 4.39 Å². The van der Waals surface area contributed by atoms with Crippen LogP contribution in [0.4, 0.5) is 10.1 Å². The maximum Gasteiger partial charge on any atom is 0.126 e. The van der Waals surface area contributed by atoms with Gasteiger partial charge in [0, 0.05) is 21.7 Å². The van der Waals surface area contributed by atoms with Crippen LogP contribution in [0.15, 0.2) is 40.9 Å². The van der Waals surface area contributed by atoms with E-state index in [0.29, 0.717) is 22.3 Å². The number of anilines is 1. The summed E-state index contributed by atoms with van der Waals surface area (Å²) in [4.78, 5) is 0. The molecule has 0 aliphatic carbocycles. The van der Waals surface area contributed by atoms with Gasteiger partial charge >= 0.3 is 0 Å². The van der Waals surface area contributed by atoms with E-state index in [1.807, 2.05) is 18.2 Å². The topological polar surface area (TPSA) is 38.0 Å². The number of halogens is 4. The van der Waals surface area contributed by atoms with Crippen molar-refractivity contribution >= 4 is 44.8 Å². The fourth-order valence-corrected chi connectivity index (χ4v) is 2.50. The third-order valence-electron chi connectivity index (χ3n) is 2.79. The third-order valence-corrected chi connectivity index (χ3v) is 4.24. The lowest BCUT2D eigenvalue weighted by atomic mass is 10.1. The van der Waals surface area contributed by atoms with Crippen molar-refractivity contribution in [3.05, 3.63) is 62.3 Å². The summed E-state index contributed by atoms with van der Waals surface area (Å²) >= 11 is 15.2. The number of hydrogen-bond donors (Lipinski definition) is 2. The Kier molecular flexibility index (Phi) is 5.27. The quantitative estimate of drug-likeness (QED) is 0.786. The maximum atomic E-state index is 13.3. The second kappa shape index (κ2) is 6.76. The summed E-state index contributed by atoms with van der Waals surface area (Å²) < 4.78 is 14.1. The number of nitrogens with two attached hydrogens (primary N) is 1. The van der Waals surface area contributed by atoms with E-state index < -0.39 is 5.82 Å². The normalized spacial score (nSPS) is 12.2. The lowest BCUT2D eigenvalue weighted by Crippen LogP contribution is -2.20. The first-order valence-electron chi connectivity index (χ1n) is 5.87. The second-order valence-corrected chi connectivity index (χ2v) is 5.96. The van der Waals surface area contributed by atoms with Gasteiger partial charge in [-0.3, -0.25) is 0 Å². The molecule has 0 spiro atoms. The molecule has 0 amide bonds. The zero-order valence-corrected chi connectivity index (χ0v) is 13.4. The summed E-state index contributed by atoms with van der Waals surface area (Å²) in [6.07, 6.45) is 0. The fourth-order valence-electron chi connectivity index (χ4n) is 1.85. The van der Waals surface area contributed by atoms with E-state index in [1.54, 1.807) is 6.07 Å². The highest BCUT2D eigenvalue weighted by molar-refractivity contribution is 9.10. The number of hydrogen-bond acceptors (Lipinski definition) is 2. The van der Waals surface area contributed by atoms with Crippen LogP contribution in [0.25, 0.3) is 0 Å². The highest BCUT2D eigenvalue weighted by Gasteiger charge is 2.12. The molecule has 0 bridgehead atoms. The van der Waals surface area contributed by atoms with E-state index in [0.717, 1.165) is 10.0 Å². The third kappa shape index (κ3) is 3.85. The summed E-state index contributed by atoms with van der Waals surface area (Å²) in [6.45, 7) is 0.339. The van der Waals surface area contributed by atoms with Crippen LogP contribution in [0.5, 0.6) is 0 Å². The lowest BCUT2D eigenvalue weighted by Gasteiger charge is -2.19. The van der Waals surface area contributed by atoms with E-state index >= 15 is 0 Å². The van der Waals surface area contributed by atoms with Crippen LogP contribution in [0.1, 0.15) is 11.6 Å². The van der Waals surface area contributed by atoms with Crippen LogP contribution in [-0.2, 0) is 0 Å². The predicted octanol–water partition coefficient (Wildman–Crippen LogP) is 5.01. The molecule has 3 N–H and O–H groups in total. The maximum absolute atomic E-state index is 13.3. The van der Waals surface area contributed by atoms with Gasteiger partial charge in [0.2, 0.25) is 0 Å². The molecule has 0 aliphatic rings. The van der Waals surface area contributed by atoms with Crippen LogP contribution < -0.4 is 11.1 Å². The molecular weight excluding hydrogens is 366 g/mol. The van der Waals surface area contributed by atoms with Crippen molar-refractivity contribution in [3.63, 3.8) is 0 Å². The number of rotatable bonds is 4. The van der Waals surface area contributed by atoms with Crippen LogP contribution in [0.3, 0.4) is 0 Å². The minimum absolute atomic E-state index is 0.182. The standard InChI is InChI=1S/C14H12BrCl2FN2/c15-12-2-1-8(3-13(12)17)14(7-19)20-11-5-9(16)4-10(18)6-11/h1-6,14,20H,7,19H2. The molecule has 0 saturated carbocycles. The van der Waals surface area contributed by atoms with Gasteiger partial charge in [0.05, 0.1) is 11.1 Å². The van der Waals surface area contributed by atoms with E-state index in [2.05, 4.69) is 21.2 Å². The molecule has 106 valence electrons. The van der Waals surface area contributed by atoms with Crippen molar-refractivity contribution in [3.8, 4) is 0 Å². The molecule has 2 nitrogen and oxygen atoms in total. The zero-order valence-electron chi connectivity index (χ0n) is 10.3. The van der Waals surface area contributed by atoms with Crippen molar-refractivity contribution in [1.82, 2.24) is 0 Å². The van der Waals surface area contributed by atoms with Gasteiger partial charge in [-0.1, -0.05) is 29.3 Å². The summed E-state index contributed by atoms with van der Waals surface area (Å²) in [5, 5.41) is 4.08. The summed E-state index contributed by atoms with van der Waals surface area (Å²) in [7, 11) is 0. The number of benzene rings is 2. The smallest absolute Gasteiger partial charge is 0.126 e. The van der Waals surface area contributed by atoms with Crippen molar-refractivity contribution in [2.24, 2.45) is 5.73 Å². The molecule has 0 aromatic heterocycles. The summed E-state index contributed by atoms with van der Waals surface area (Å²) in [5.41, 5.74) is 7.26. The molecule has 2 aromatic carbocycles. The Morgan fingerprint density at radius 1 is 1.20 bits per heavy atom. The number of nitrogens with one attached hydrogen (secondary N) is 1. The van der Waals surface area contributed by atoms with Crippen LogP contribution >= 0.6 is 39.1 Å². The summed E-state index contributed by atoms with van der Waals surface area (Å²) in [6, 6.07) is 9.65. The fraction of sp³-hybridized carbons (Fsp3) is 0.143. The van der Waals surface area contributed by atoms with Crippen molar-refractivity contribution in [2.45, 2.75) is 6.04 Å². The van der Waals surface area contributed by atoms with Crippen molar-refractivity contribution in [1.29, 1.82) is 0 Å². The van der Waals surface area contributed by atoms with E-state index in [9.17, 15) is 4.39 Å². The Bertz CT molecular complexity index is 602. The lowest BCUT2D eigenvalue weighted by molar-refractivity contribution is 0.627. The Labute approximate surface area is 135 Å². The van der Waals surface area contributed by atoms with Crippen molar-refractivity contribution in [2.75, 3.05) is 11.9 Å². The van der Waals surface area contributed by atoms with Gasteiger partial charge in [-0.2, -0.15) is 0 Å². The van der Waals surface area contributed by atoms with Gasteiger partial charge in [-0.05, 0) is 51.8 Å². The molecular formula is C14H12BrCl2FN2. The molecule has 0 fully saturated rings. The molecule has 1 unspecified atom stereocenters. The first kappa shape index (κ1) is 15.6. The van der Waals surface area contributed by atoms with Gasteiger partial charge in [-0.25, -0.2) is 4.39 Å². The highest BCUT2D eigenvalue weighted by atomic mass is 79.9. The predicted molar refractivity (Wildman–Crippen MR) is 86.0 cm³/mol. The average Bonchev–Trinajstić information content (AvgIpc) is 2.38. The Morgan fingerprint density at radius 2 is 1.95 bits per heavy atom. The van der Waals surface area contributed by atoms with Gasteiger partial charge in [-0.15, -0.1) is 0 Å². The monoisotopic (exact) mass is 376 g/mol. The van der Waals surface area contributed by atoms with E-state index in [4.69, 9.17) is 28.9 Å². The molecule has 0 aliphatic heterocycles. The minimum Gasteiger partial charge on any atom is -0.377 e. The van der Waals surface area contributed by atoms with Gasteiger partial charge < -0.3 is 11.1 Å². The van der Waals surface area contributed by atoms with Crippen LogP contribution in [0.2, 0.25) is 10.0 Å². The van der Waals surface area contributed by atoms with E-state index in [1.165, 1.54) is 12.1 Å². The minimum atomic E-state index is -0.399. The SMILES string of the molecule is NCC(Nc1cc(F)cc(Cl)c1)c1ccc(Br)c(Cl)c1. The first-order valence-corrected chi connectivity index (χ1v) is 7.42. The molecule has 2 aromatic rings. The first-order chi connectivity index (χ1) is 9.49. The molecule has 2 rings (SSSR count). The Hall–Kier alpha value is -0.810. The van der Waals surface area contributed by atoms with Gasteiger partial charge in [0.25, 0.3) is 0 Å². The van der Waals surface area contributed by atoms with Crippen LogP contribution in [-0.4, -0.2) is 6.54 Å². The second-order valence-electron chi connectivity index (χ2n) is 4.26. The molecule has 1 atom stereocenters. The average molecular weight is 378 g/mol. The Morgan fingerprint density at radius 3 is 2.55 bits per heavy atom. The van der Waals surface area contributed by atoms with Gasteiger partial charge in [0.15, 0.2) is 0 Å². The molecule has 0 heterocycles. The zero-order chi connectivity index (χ0) is 14.7. The molecule has 6 heteroatoms. The van der Waals surface area contributed by atoms with Gasteiger partial charge in [0.1, 0.15) is 5.82 Å².